The van der Waals surface area contributed by atoms with Gasteiger partial charge in [-0.3, -0.25) is 4.57 Å². The van der Waals surface area contributed by atoms with Crippen molar-refractivity contribution in [1.82, 2.24) is 9.29 Å². The molecule has 0 bridgehead atoms. The maximum Gasteiger partial charge on any atom is 0.419 e. The first-order chi connectivity index (χ1) is 12.7. The molecule has 0 fully saturated rings. The van der Waals surface area contributed by atoms with Crippen LogP contribution < -0.4 is 10.5 Å². The van der Waals surface area contributed by atoms with E-state index in [0.717, 1.165) is 5.56 Å². The van der Waals surface area contributed by atoms with Crippen molar-refractivity contribution in [3.63, 3.8) is 0 Å². The monoisotopic (exact) mass is 410 g/mol. The second kappa shape index (κ2) is 7.12. The number of rotatable bonds is 6. The molecule has 1 unspecified atom stereocenters. The van der Waals surface area contributed by atoms with Crippen molar-refractivity contribution in [3.8, 4) is 0 Å². The fourth-order valence-corrected chi connectivity index (χ4v) is 4.04. The van der Waals surface area contributed by atoms with Gasteiger partial charge in [0.1, 0.15) is 5.60 Å². The van der Waals surface area contributed by atoms with Gasteiger partial charge in [0.25, 0.3) is 0 Å². The Bertz CT molecular complexity index is 1150. The van der Waals surface area contributed by atoms with E-state index in [2.05, 4.69) is 4.72 Å². The lowest BCUT2D eigenvalue weighted by atomic mass is 9.96. The lowest BCUT2D eigenvalue weighted by Gasteiger charge is -2.29. The molecule has 0 spiro atoms. The average Bonchev–Trinajstić information content (AvgIpc) is 2.93. The summed E-state index contributed by atoms with van der Waals surface area (Å²) in [4.78, 5) is 11.6. The summed E-state index contributed by atoms with van der Waals surface area (Å²) in [5.41, 5.74) is 0.548. The van der Waals surface area contributed by atoms with Crippen LogP contribution in [0.2, 0.25) is 5.02 Å². The number of sulfonamides is 1. The van der Waals surface area contributed by atoms with Crippen molar-refractivity contribution < 1.29 is 17.6 Å². The number of nitrogens with one attached hydrogen (secondary N) is 1. The highest BCUT2D eigenvalue weighted by atomic mass is 35.5. The Kier molecular flexibility index (Phi) is 5.18. The number of halogens is 1. The van der Waals surface area contributed by atoms with E-state index in [1.165, 1.54) is 36.9 Å². The van der Waals surface area contributed by atoms with Gasteiger partial charge in [-0.25, -0.2) is 17.9 Å². The van der Waals surface area contributed by atoms with Crippen LogP contribution in [0.3, 0.4) is 0 Å². The van der Waals surface area contributed by atoms with E-state index in [-0.39, 0.29) is 11.4 Å². The zero-order chi connectivity index (χ0) is 19.8. The summed E-state index contributed by atoms with van der Waals surface area (Å²) in [6.45, 7) is 1.76. The molecule has 0 radical (unpaired) electrons. The molecule has 144 valence electrons. The minimum Gasteiger partial charge on any atom is -0.408 e. The SMILES string of the molecule is COC(C)(CNS(=O)(=O)c1ccc2oc(=O)n(C)c2c1)c1cccc(Cl)c1. The standard InChI is InChI=1S/C18H19ClN2O5S/c1-18(25-3,12-5-4-6-13(19)9-12)11-20-27(23,24)14-7-8-16-15(10-14)21(2)17(22)26-16/h4-10,20H,11H2,1-3H3. The van der Waals surface area contributed by atoms with Crippen LogP contribution in [-0.2, 0) is 27.4 Å². The summed E-state index contributed by atoms with van der Waals surface area (Å²) in [6.07, 6.45) is 0. The molecule has 0 amide bonds. The molecule has 0 saturated carbocycles. The number of hydrogen-bond acceptors (Lipinski definition) is 5. The van der Waals surface area contributed by atoms with E-state index in [1.54, 1.807) is 25.1 Å². The van der Waals surface area contributed by atoms with Gasteiger partial charge >= 0.3 is 5.76 Å². The topological polar surface area (TPSA) is 90.5 Å². The quantitative estimate of drug-likeness (QED) is 0.674. The third-order valence-corrected chi connectivity index (χ3v) is 6.19. The third-order valence-electron chi connectivity index (χ3n) is 4.56. The molecular formula is C18H19ClN2O5S. The molecule has 1 N–H and O–H groups in total. The Labute approximate surface area is 161 Å². The van der Waals surface area contributed by atoms with Crippen molar-refractivity contribution in [2.75, 3.05) is 13.7 Å². The molecule has 27 heavy (non-hydrogen) atoms. The van der Waals surface area contributed by atoms with E-state index in [0.29, 0.717) is 16.1 Å². The number of nitrogens with zero attached hydrogens (tertiary/aromatic N) is 1. The first-order valence-electron chi connectivity index (χ1n) is 8.07. The third kappa shape index (κ3) is 3.79. The van der Waals surface area contributed by atoms with Gasteiger partial charge in [0.05, 0.1) is 10.4 Å². The molecule has 3 rings (SSSR count). The summed E-state index contributed by atoms with van der Waals surface area (Å²) in [7, 11) is -0.825. The smallest absolute Gasteiger partial charge is 0.408 e. The molecule has 0 aliphatic heterocycles. The van der Waals surface area contributed by atoms with Gasteiger partial charge in [-0.15, -0.1) is 0 Å². The van der Waals surface area contributed by atoms with E-state index in [4.69, 9.17) is 20.8 Å². The zero-order valence-corrected chi connectivity index (χ0v) is 16.6. The number of fused-ring (bicyclic) bond motifs is 1. The van der Waals surface area contributed by atoms with E-state index in [1.807, 2.05) is 6.07 Å². The second-order valence-corrected chi connectivity index (χ2v) is 8.53. The molecule has 0 aliphatic carbocycles. The largest absolute Gasteiger partial charge is 0.419 e. The van der Waals surface area contributed by atoms with E-state index >= 15 is 0 Å². The van der Waals surface area contributed by atoms with Crippen LogP contribution in [-0.4, -0.2) is 26.6 Å². The maximum absolute atomic E-state index is 12.7. The number of methoxy groups -OCH3 is 1. The summed E-state index contributed by atoms with van der Waals surface area (Å²) >= 11 is 6.04. The Morgan fingerprint density at radius 1 is 1.26 bits per heavy atom. The Balaban J connectivity index is 1.89. The first-order valence-corrected chi connectivity index (χ1v) is 9.93. The van der Waals surface area contributed by atoms with Gasteiger partial charge in [0.2, 0.25) is 10.0 Å². The molecule has 3 aromatic rings. The molecule has 7 nitrogen and oxygen atoms in total. The Morgan fingerprint density at radius 2 is 2.00 bits per heavy atom. The Morgan fingerprint density at radius 3 is 2.67 bits per heavy atom. The van der Waals surface area contributed by atoms with Gasteiger partial charge in [0.15, 0.2) is 5.58 Å². The summed E-state index contributed by atoms with van der Waals surface area (Å²) in [5.74, 6) is -0.555. The second-order valence-electron chi connectivity index (χ2n) is 6.33. The zero-order valence-electron chi connectivity index (χ0n) is 15.0. The number of ether oxygens (including phenoxy) is 1. The van der Waals surface area contributed by atoms with E-state index < -0.39 is 21.4 Å². The highest BCUT2D eigenvalue weighted by molar-refractivity contribution is 7.89. The molecule has 9 heteroatoms. The molecule has 1 aromatic heterocycles. The van der Waals surface area contributed by atoms with Crippen LogP contribution in [0, 0.1) is 0 Å². The average molecular weight is 411 g/mol. The maximum atomic E-state index is 12.7. The molecule has 2 aromatic carbocycles. The fraction of sp³-hybridized carbons (Fsp3) is 0.278. The molecule has 0 saturated heterocycles. The van der Waals surface area contributed by atoms with Gasteiger partial charge in [0, 0.05) is 25.7 Å². The predicted molar refractivity (Wildman–Crippen MR) is 102 cm³/mol. The molecular weight excluding hydrogens is 392 g/mol. The van der Waals surface area contributed by atoms with Gasteiger partial charge in [-0.05, 0) is 42.8 Å². The van der Waals surface area contributed by atoms with Crippen LogP contribution >= 0.6 is 11.6 Å². The number of aryl methyl sites for hydroxylation is 1. The summed E-state index contributed by atoms with van der Waals surface area (Å²) < 4.78 is 39.9. The normalized spacial score (nSPS) is 14.4. The molecule has 1 atom stereocenters. The number of aromatic nitrogens is 1. The van der Waals surface area contributed by atoms with Crippen molar-refractivity contribution in [3.05, 3.63) is 63.6 Å². The highest BCUT2D eigenvalue weighted by Crippen LogP contribution is 2.27. The highest BCUT2D eigenvalue weighted by Gasteiger charge is 2.29. The Hall–Kier alpha value is -2.13. The summed E-state index contributed by atoms with van der Waals surface area (Å²) in [5, 5.41) is 0.532. The number of oxazole rings is 1. The van der Waals surface area contributed by atoms with Crippen LogP contribution in [0.5, 0.6) is 0 Å². The number of hydrogen-bond donors (Lipinski definition) is 1. The molecule has 0 aliphatic rings. The van der Waals surface area contributed by atoms with Crippen molar-refractivity contribution in [1.29, 1.82) is 0 Å². The van der Waals surface area contributed by atoms with Gasteiger partial charge in [-0.1, -0.05) is 23.7 Å². The van der Waals surface area contributed by atoms with Gasteiger partial charge < -0.3 is 9.15 Å². The lowest BCUT2D eigenvalue weighted by Crippen LogP contribution is -2.40. The van der Waals surface area contributed by atoms with Crippen LogP contribution in [0.1, 0.15) is 12.5 Å². The number of benzene rings is 2. The van der Waals surface area contributed by atoms with Crippen molar-refractivity contribution in [2.45, 2.75) is 17.4 Å². The van der Waals surface area contributed by atoms with Gasteiger partial charge in [-0.2, -0.15) is 0 Å². The predicted octanol–water partition coefficient (Wildman–Crippen LogP) is 2.62. The van der Waals surface area contributed by atoms with Crippen molar-refractivity contribution in [2.24, 2.45) is 7.05 Å². The van der Waals surface area contributed by atoms with Crippen LogP contribution in [0.15, 0.2) is 56.6 Å². The first kappa shape index (κ1) is 19.6. The summed E-state index contributed by atoms with van der Waals surface area (Å²) in [6, 6.07) is 11.3. The van der Waals surface area contributed by atoms with Crippen LogP contribution in [0.25, 0.3) is 11.1 Å². The van der Waals surface area contributed by atoms with Crippen LogP contribution in [0.4, 0.5) is 0 Å². The van der Waals surface area contributed by atoms with Crippen molar-refractivity contribution >= 4 is 32.7 Å². The van der Waals surface area contributed by atoms with E-state index in [9.17, 15) is 13.2 Å². The molecule has 1 heterocycles. The lowest BCUT2D eigenvalue weighted by molar-refractivity contribution is 0.00699. The minimum absolute atomic E-state index is 0.00543. The minimum atomic E-state index is -3.84. The fourth-order valence-electron chi connectivity index (χ4n) is 2.70.